The highest BCUT2D eigenvalue weighted by Crippen LogP contribution is 2.11. The fourth-order valence-corrected chi connectivity index (χ4v) is 2.21. The van der Waals surface area contributed by atoms with Gasteiger partial charge in [0.1, 0.15) is 5.82 Å². The molecule has 0 spiro atoms. The van der Waals surface area contributed by atoms with E-state index in [1.165, 1.54) is 0 Å². The smallest absolute Gasteiger partial charge is 0.177 e. The number of imidazole rings is 1. The van der Waals surface area contributed by atoms with Gasteiger partial charge in [-0.1, -0.05) is 0 Å². The van der Waals surface area contributed by atoms with E-state index in [-0.39, 0.29) is 0 Å². The first-order valence-corrected chi connectivity index (χ1v) is 6.05. The molecule has 0 radical (unpaired) electrons. The number of aryl methyl sites for hydroxylation is 1. The highest BCUT2D eigenvalue weighted by molar-refractivity contribution is 5.70. The molecule has 0 bridgehead atoms. The molecule has 17 heavy (non-hydrogen) atoms. The summed E-state index contributed by atoms with van der Waals surface area (Å²) in [6.45, 7) is 7.24. The Balaban J connectivity index is 1.80. The van der Waals surface area contributed by atoms with E-state index in [1.54, 1.807) is 0 Å². The first-order chi connectivity index (χ1) is 8.31. The van der Waals surface area contributed by atoms with E-state index in [1.807, 2.05) is 13.1 Å². The molecule has 2 aromatic heterocycles. The SMILES string of the molecule is Cc1cnc2nc(CN3CCNCC3)[nH]c2c1. The van der Waals surface area contributed by atoms with Gasteiger partial charge in [-0.3, -0.25) is 4.90 Å². The predicted molar refractivity (Wildman–Crippen MR) is 66.8 cm³/mol. The summed E-state index contributed by atoms with van der Waals surface area (Å²) >= 11 is 0. The lowest BCUT2D eigenvalue weighted by Crippen LogP contribution is -2.43. The van der Waals surface area contributed by atoms with Gasteiger partial charge in [-0.2, -0.15) is 0 Å². The summed E-state index contributed by atoms with van der Waals surface area (Å²) in [5, 5.41) is 3.35. The van der Waals surface area contributed by atoms with Gasteiger partial charge in [0.15, 0.2) is 5.65 Å². The summed E-state index contributed by atoms with van der Waals surface area (Å²) in [7, 11) is 0. The molecule has 5 heteroatoms. The van der Waals surface area contributed by atoms with E-state index in [2.05, 4.69) is 31.2 Å². The van der Waals surface area contributed by atoms with Crippen LogP contribution in [0, 0.1) is 6.92 Å². The van der Waals surface area contributed by atoms with E-state index in [0.717, 1.165) is 55.3 Å². The fraction of sp³-hybridized carbons (Fsp3) is 0.500. The molecular formula is C12H17N5. The van der Waals surface area contributed by atoms with Gasteiger partial charge in [-0.05, 0) is 18.6 Å². The molecule has 3 rings (SSSR count). The van der Waals surface area contributed by atoms with Crippen molar-refractivity contribution < 1.29 is 0 Å². The molecular weight excluding hydrogens is 214 g/mol. The molecule has 3 heterocycles. The Hall–Kier alpha value is -1.46. The maximum absolute atomic E-state index is 4.52. The minimum atomic E-state index is 0.820. The Bertz CT molecular complexity index is 513. The lowest BCUT2D eigenvalue weighted by Gasteiger charge is -2.26. The Morgan fingerprint density at radius 3 is 3.00 bits per heavy atom. The molecule has 5 nitrogen and oxygen atoms in total. The largest absolute Gasteiger partial charge is 0.340 e. The van der Waals surface area contributed by atoms with Crippen molar-refractivity contribution in [2.24, 2.45) is 0 Å². The average Bonchev–Trinajstić information content (AvgIpc) is 2.71. The Morgan fingerprint density at radius 2 is 2.18 bits per heavy atom. The molecule has 0 saturated carbocycles. The average molecular weight is 231 g/mol. The van der Waals surface area contributed by atoms with Crippen LogP contribution in [0.2, 0.25) is 0 Å². The summed E-state index contributed by atoms with van der Waals surface area (Å²) in [5.74, 6) is 1.01. The van der Waals surface area contributed by atoms with Crippen LogP contribution in [0.4, 0.5) is 0 Å². The second-order valence-electron chi connectivity index (χ2n) is 4.59. The zero-order valence-electron chi connectivity index (χ0n) is 10.0. The number of piperazine rings is 1. The van der Waals surface area contributed by atoms with E-state index < -0.39 is 0 Å². The summed E-state index contributed by atoms with van der Waals surface area (Å²) < 4.78 is 0. The minimum absolute atomic E-state index is 0.820. The molecule has 2 N–H and O–H groups in total. The number of hydrogen-bond donors (Lipinski definition) is 2. The van der Waals surface area contributed by atoms with Crippen molar-refractivity contribution in [2.75, 3.05) is 26.2 Å². The Morgan fingerprint density at radius 1 is 1.35 bits per heavy atom. The molecule has 1 fully saturated rings. The molecule has 0 atom stereocenters. The van der Waals surface area contributed by atoms with Crippen LogP contribution in [0.15, 0.2) is 12.3 Å². The normalized spacial score (nSPS) is 17.7. The molecule has 1 aliphatic rings. The maximum atomic E-state index is 4.52. The van der Waals surface area contributed by atoms with Gasteiger partial charge in [0.05, 0.1) is 12.1 Å². The first kappa shape index (κ1) is 10.7. The summed E-state index contributed by atoms with van der Waals surface area (Å²) in [4.78, 5) is 14.6. The number of aromatic amines is 1. The van der Waals surface area contributed by atoms with Gasteiger partial charge in [0, 0.05) is 32.4 Å². The van der Waals surface area contributed by atoms with Crippen molar-refractivity contribution >= 4 is 11.2 Å². The number of pyridine rings is 1. The number of nitrogens with one attached hydrogen (secondary N) is 2. The Labute approximate surface area is 100 Å². The highest BCUT2D eigenvalue weighted by Gasteiger charge is 2.12. The zero-order chi connectivity index (χ0) is 11.7. The van der Waals surface area contributed by atoms with Gasteiger partial charge >= 0.3 is 0 Å². The predicted octanol–water partition coefficient (Wildman–Crippen LogP) is 0.672. The van der Waals surface area contributed by atoms with Gasteiger partial charge < -0.3 is 10.3 Å². The van der Waals surface area contributed by atoms with E-state index >= 15 is 0 Å². The lowest BCUT2D eigenvalue weighted by atomic mass is 10.3. The molecule has 2 aromatic rings. The van der Waals surface area contributed by atoms with Crippen LogP contribution >= 0.6 is 0 Å². The lowest BCUT2D eigenvalue weighted by molar-refractivity contribution is 0.229. The molecule has 1 saturated heterocycles. The van der Waals surface area contributed by atoms with Crippen molar-refractivity contribution in [2.45, 2.75) is 13.5 Å². The van der Waals surface area contributed by atoms with Gasteiger partial charge in [0.2, 0.25) is 0 Å². The molecule has 0 unspecified atom stereocenters. The maximum Gasteiger partial charge on any atom is 0.177 e. The number of fused-ring (bicyclic) bond motifs is 1. The second kappa shape index (κ2) is 4.43. The number of aromatic nitrogens is 3. The van der Waals surface area contributed by atoms with Crippen LogP contribution in [0.1, 0.15) is 11.4 Å². The molecule has 1 aliphatic heterocycles. The summed E-state index contributed by atoms with van der Waals surface area (Å²) in [6.07, 6.45) is 1.86. The molecule has 0 aromatic carbocycles. The summed E-state index contributed by atoms with van der Waals surface area (Å²) in [6, 6.07) is 2.09. The molecule has 0 aliphatic carbocycles. The van der Waals surface area contributed by atoms with Crippen molar-refractivity contribution in [1.82, 2.24) is 25.2 Å². The number of rotatable bonds is 2. The van der Waals surface area contributed by atoms with Gasteiger partial charge in [-0.25, -0.2) is 9.97 Å². The van der Waals surface area contributed by atoms with Crippen LogP contribution in [0.25, 0.3) is 11.2 Å². The van der Waals surface area contributed by atoms with Crippen LogP contribution < -0.4 is 5.32 Å². The van der Waals surface area contributed by atoms with E-state index in [0.29, 0.717) is 0 Å². The van der Waals surface area contributed by atoms with Crippen molar-refractivity contribution in [3.8, 4) is 0 Å². The van der Waals surface area contributed by atoms with Crippen LogP contribution in [0.3, 0.4) is 0 Å². The van der Waals surface area contributed by atoms with Crippen LogP contribution in [-0.4, -0.2) is 46.0 Å². The summed E-state index contributed by atoms with van der Waals surface area (Å²) in [5.41, 5.74) is 3.02. The highest BCUT2D eigenvalue weighted by atomic mass is 15.2. The quantitative estimate of drug-likeness (QED) is 0.797. The van der Waals surface area contributed by atoms with Crippen LogP contribution in [-0.2, 0) is 6.54 Å². The monoisotopic (exact) mass is 231 g/mol. The van der Waals surface area contributed by atoms with Gasteiger partial charge in [-0.15, -0.1) is 0 Å². The third-order valence-electron chi connectivity index (χ3n) is 3.11. The van der Waals surface area contributed by atoms with Crippen LogP contribution in [0.5, 0.6) is 0 Å². The first-order valence-electron chi connectivity index (χ1n) is 6.05. The number of H-pyrrole nitrogens is 1. The zero-order valence-corrected chi connectivity index (χ0v) is 10.0. The fourth-order valence-electron chi connectivity index (χ4n) is 2.21. The van der Waals surface area contributed by atoms with Crippen molar-refractivity contribution in [1.29, 1.82) is 0 Å². The molecule has 0 amide bonds. The van der Waals surface area contributed by atoms with Crippen molar-refractivity contribution in [3.05, 3.63) is 23.7 Å². The third kappa shape index (κ3) is 2.30. The minimum Gasteiger partial charge on any atom is -0.340 e. The second-order valence-corrected chi connectivity index (χ2v) is 4.59. The number of nitrogens with zero attached hydrogens (tertiary/aromatic N) is 3. The van der Waals surface area contributed by atoms with Gasteiger partial charge in [0.25, 0.3) is 0 Å². The van der Waals surface area contributed by atoms with E-state index in [9.17, 15) is 0 Å². The standard InChI is InChI=1S/C12H17N5/c1-9-6-10-12(14-7-9)16-11(15-10)8-17-4-2-13-3-5-17/h6-7,13H,2-5,8H2,1H3,(H,14,15,16). The van der Waals surface area contributed by atoms with Crippen molar-refractivity contribution in [3.63, 3.8) is 0 Å². The van der Waals surface area contributed by atoms with E-state index in [4.69, 9.17) is 0 Å². The Kier molecular flexibility index (Phi) is 2.78. The number of hydrogen-bond acceptors (Lipinski definition) is 4. The third-order valence-corrected chi connectivity index (χ3v) is 3.11. The molecule has 90 valence electrons. The topological polar surface area (TPSA) is 56.8 Å².